The molecule has 3 aliphatic rings. The number of amides is 2. The molecule has 2 aromatic heterocycles. The lowest BCUT2D eigenvalue weighted by molar-refractivity contribution is -0.138. The normalized spacial score (nSPS) is 19.1. The molecule has 1 saturated carbocycles. The number of benzene rings is 2. The molecule has 1 aliphatic carbocycles. The minimum Gasteiger partial charge on any atom is -0.455 e. The second-order valence-corrected chi connectivity index (χ2v) is 12.1. The van der Waals surface area contributed by atoms with Crippen LogP contribution in [0.3, 0.4) is 0 Å². The van der Waals surface area contributed by atoms with Crippen LogP contribution in [-0.4, -0.2) is 39.3 Å². The average molecular weight is 539 g/mol. The highest BCUT2D eigenvalue weighted by Crippen LogP contribution is 2.49. The number of nitrogens with one attached hydrogen (secondary N) is 2. The molecule has 0 bridgehead atoms. The Balaban J connectivity index is 1.07. The average Bonchev–Trinajstić information content (AvgIpc) is 3.69. The Hall–Kier alpha value is -3.78. The first-order chi connectivity index (χ1) is 19.1. The number of para-hydroxylation sites is 1. The lowest BCUT2D eigenvalue weighted by atomic mass is 9.84. The lowest BCUT2D eigenvalue weighted by Crippen LogP contribution is -2.46. The Morgan fingerprint density at radius 3 is 2.79 bits per heavy atom. The molecular weight excluding hydrogens is 508 g/mol. The van der Waals surface area contributed by atoms with Crippen LogP contribution in [-0.2, 0) is 22.6 Å². The van der Waals surface area contributed by atoms with Crippen molar-refractivity contribution in [2.75, 3.05) is 6.54 Å². The van der Waals surface area contributed by atoms with Crippen molar-refractivity contribution in [2.45, 2.75) is 60.9 Å². The summed E-state index contributed by atoms with van der Waals surface area (Å²) in [5.74, 6) is 1.54. The van der Waals surface area contributed by atoms with Gasteiger partial charge in [0.15, 0.2) is 0 Å². The van der Waals surface area contributed by atoms with Crippen LogP contribution < -0.4 is 10.1 Å². The summed E-state index contributed by atoms with van der Waals surface area (Å²) in [5, 5.41) is 4.11. The highest BCUT2D eigenvalue weighted by Gasteiger charge is 2.49. The molecule has 2 aliphatic heterocycles. The molecule has 2 fully saturated rings. The van der Waals surface area contributed by atoms with Gasteiger partial charge in [-0.15, -0.1) is 0 Å². The molecule has 0 radical (unpaired) electrons. The molecule has 1 atom stereocenters. The van der Waals surface area contributed by atoms with Gasteiger partial charge in [-0.1, -0.05) is 42.8 Å². The predicted octanol–water partition coefficient (Wildman–Crippen LogP) is 5.84. The number of H-pyrrole nitrogens is 1. The van der Waals surface area contributed by atoms with Crippen molar-refractivity contribution in [2.24, 2.45) is 5.41 Å². The first kappa shape index (κ1) is 24.3. The maximum Gasteiger partial charge on any atom is 0.243 e. The number of fused-ring (bicyclic) bond motifs is 3. The molecule has 1 saturated heterocycles. The smallest absolute Gasteiger partial charge is 0.243 e. The third kappa shape index (κ3) is 4.67. The second-order valence-electron chi connectivity index (χ2n) is 11.0. The zero-order valence-corrected chi connectivity index (χ0v) is 22.4. The predicted molar refractivity (Wildman–Crippen MR) is 150 cm³/mol. The lowest BCUT2D eigenvalue weighted by Gasteiger charge is -2.25. The van der Waals surface area contributed by atoms with Gasteiger partial charge < -0.3 is 19.9 Å². The van der Waals surface area contributed by atoms with Crippen molar-refractivity contribution in [1.82, 2.24) is 20.2 Å². The zero-order chi connectivity index (χ0) is 26.4. The maximum atomic E-state index is 13.7. The quantitative estimate of drug-likeness (QED) is 0.294. The Morgan fingerprint density at radius 2 is 1.92 bits per heavy atom. The van der Waals surface area contributed by atoms with Gasteiger partial charge in [0.2, 0.25) is 11.8 Å². The molecule has 7 nitrogen and oxygen atoms in total. The van der Waals surface area contributed by atoms with Gasteiger partial charge in [0.1, 0.15) is 17.5 Å². The van der Waals surface area contributed by atoms with E-state index in [1.165, 1.54) is 12.8 Å². The fraction of sp³-hybridized carbons (Fsp3) is 0.323. The third-order valence-corrected chi connectivity index (χ3v) is 9.49. The standard InChI is InChI=1S/C31H30N4O3S/c36-29(14-20-7-8-28-26(13-20)38-25-5-1-2-6-27(25)39-28)35-19-31(10-3-4-11-31)16-24(35)30(37)33-18-22-15-21-17-32-12-9-23(21)34-22/h1-2,5-9,12-13,15,17,24,34H,3-4,10-11,14,16,18-19H2,(H,33,37). The molecule has 2 N–H and O–H groups in total. The van der Waals surface area contributed by atoms with Gasteiger partial charge >= 0.3 is 0 Å². The first-order valence-corrected chi connectivity index (χ1v) is 14.4. The van der Waals surface area contributed by atoms with Gasteiger partial charge in [0, 0.05) is 35.5 Å². The van der Waals surface area contributed by atoms with Crippen LogP contribution in [0.2, 0.25) is 0 Å². The fourth-order valence-electron chi connectivity index (χ4n) is 6.43. The van der Waals surface area contributed by atoms with Crippen LogP contribution in [0.4, 0.5) is 0 Å². The van der Waals surface area contributed by atoms with Crippen molar-refractivity contribution < 1.29 is 14.3 Å². The molecule has 7 rings (SSSR count). The fourth-order valence-corrected chi connectivity index (χ4v) is 7.36. The monoisotopic (exact) mass is 538 g/mol. The summed E-state index contributed by atoms with van der Waals surface area (Å²) in [6, 6.07) is 17.5. The Morgan fingerprint density at radius 1 is 1.08 bits per heavy atom. The number of hydrogen-bond acceptors (Lipinski definition) is 5. The number of aromatic nitrogens is 2. The molecule has 8 heteroatoms. The summed E-state index contributed by atoms with van der Waals surface area (Å²) in [5.41, 5.74) is 2.88. The number of carbonyl (C=O) groups is 2. The van der Waals surface area contributed by atoms with E-state index in [-0.39, 0.29) is 23.7 Å². The van der Waals surface area contributed by atoms with E-state index in [4.69, 9.17) is 4.74 Å². The van der Waals surface area contributed by atoms with E-state index < -0.39 is 6.04 Å². The Kier molecular flexibility index (Phi) is 6.07. The van der Waals surface area contributed by atoms with E-state index in [0.29, 0.717) is 13.1 Å². The van der Waals surface area contributed by atoms with E-state index in [0.717, 1.165) is 62.7 Å². The Bertz CT molecular complexity index is 1540. The van der Waals surface area contributed by atoms with Crippen molar-refractivity contribution in [3.8, 4) is 11.5 Å². The van der Waals surface area contributed by atoms with Crippen molar-refractivity contribution in [3.63, 3.8) is 0 Å². The minimum absolute atomic E-state index is 0.000533. The summed E-state index contributed by atoms with van der Waals surface area (Å²) in [6.45, 7) is 1.05. The number of hydrogen-bond donors (Lipinski definition) is 2. The van der Waals surface area contributed by atoms with Crippen LogP contribution >= 0.6 is 11.8 Å². The van der Waals surface area contributed by atoms with Crippen molar-refractivity contribution in [3.05, 3.63) is 78.2 Å². The molecule has 4 aromatic rings. The van der Waals surface area contributed by atoms with Crippen molar-refractivity contribution in [1.29, 1.82) is 0 Å². The number of likely N-dealkylation sites (tertiary alicyclic amines) is 1. The van der Waals surface area contributed by atoms with Gasteiger partial charge in [0.05, 0.1) is 22.8 Å². The summed E-state index contributed by atoms with van der Waals surface area (Å²) < 4.78 is 6.14. The second kappa shape index (κ2) is 9.75. The zero-order valence-electron chi connectivity index (χ0n) is 21.6. The van der Waals surface area contributed by atoms with E-state index in [2.05, 4.69) is 15.3 Å². The number of ether oxygens (including phenoxy) is 1. The third-order valence-electron chi connectivity index (χ3n) is 8.38. The van der Waals surface area contributed by atoms with Crippen LogP contribution in [0.5, 0.6) is 11.5 Å². The highest BCUT2D eigenvalue weighted by molar-refractivity contribution is 7.99. The number of carbonyl (C=O) groups excluding carboxylic acids is 2. The summed E-state index contributed by atoms with van der Waals surface area (Å²) in [4.78, 5) is 38.7. The van der Waals surface area contributed by atoms with E-state index in [9.17, 15) is 9.59 Å². The summed E-state index contributed by atoms with van der Waals surface area (Å²) in [7, 11) is 0. The molecule has 4 heterocycles. The van der Waals surface area contributed by atoms with Gasteiger partial charge in [-0.3, -0.25) is 14.6 Å². The maximum absolute atomic E-state index is 13.7. The van der Waals surface area contributed by atoms with E-state index in [1.54, 1.807) is 18.0 Å². The van der Waals surface area contributed by atoms with Crippen LogP contribution in [0.15, 0.2) is 76.8 Å². The number of aromatic amines is 1. The molecule has 1 spiro atoms. The van der Waals surface area contributed by atoms with Crippen LogP contribution in [0.25, 0.3) is 10.9 Å². The molecule has 198 valence electrons. The molecule has 2 amide bonds. The summed E-state index contributed by atoms with van der Waals surface area (Å²) >= 11 is 1.68. The van der Waals surface area contributed by atoms with Gasteiger partial charge in [-0.2, -0.15) is 0 Å². The SMILES string of the molecule is O=C(NCc1cc2cnccc2[nH]1)C1CC2(CCCC2)CN1C(=O)Cc1ccc2c(c1)Oc1ccccc1S2. The van der Waals surface area contributed by atoms with Crippen LogP contribution in [0.1, 0.15) is 43.4 Å². The first-order valence-electron chi connectivity index (χ1n) is 13.6. The van der Waals surface area contributed by atoms with Gasteiger partial charge in [0.25, 0.3) is 0 Å². The number of nitrogens with zero attached hydrogens (tertiary/aromatic N) is 2. The van der Waals surface area contributed by atoms with E-state index in [1.807, 2.05) is 65.7 Å². The molecule has 39 heavy (non-hydrogen) atoms. The van der Waals surface area contributed by atoms with Gasteiger partial charge in [-0.05, 0) is 66.6 Å². The van der Waals surface area contributed by atoms with Crippen molar-refractivity contribution >= 4 is 34.5 Å². The minimum atomic E-state index is -0.446. The molecular formula is C31H30N4O3S. The Labute approximate surface area is 231 Å². The number of pyridine rings is 1. The summed E-state index contributed by atoms with van der Waals surface area (Å²) in [6.07, 6.45) is 9.04. The van der Waals surface area contributed by atoms with Gasteiger partial charge in [-0.25, -0.2) is 0 Å². The molecule has 2 aromatic carbocycles. The number of rotatable bonds is 5. The van der Waals surface area contributed by atoms with E-state index >= 15 is 0 Å². The highest BCUT2D eigenvalue weighted by atomic mass is 32.2. The largest absolute Gasteiger partial charge is 0.455 e. The topological polar surface area (TPSA) is 87.3 Å². The molecule has 1 unspecified atom stereocenters. The van der Waals surface area contributed by atoms with Crippen LogP contribution in [0, 0.1) is 5.41 Å².